The van der Waals surface area contributed by atoms with Gasteiger partial charge in [0, 0.05) is 12.6 Å². The molecule has 1 saturated heterocycles. The van der Waals surface area contributed by atoms with Gasteiger partial charge in [0.05, 0.1) is 18.8 Å². The van der Waals surface area contributed by atoms with Crippen molar-refractivity contribution in [1.82, 2.24) is 0 Å². The molecule has 3 heteroatoms. The molecule has 12 heavy (non-hydrogen) atoms. The molecule has 0 aromatic rings. The zero-order chi connectivity index (χ0) is 8.97. The zero-order valence-electron chi connectivity index (χ0n) is 7.95. The maximum absolute atomic E-state index is 5.65. The van der Waals surface area contributed by atoms with Gasteiger partial charge in [0.25, 0.3) is 0 Å². The van der Waals surface area contributed by atoms with Gasteiger partial charge in [-0.15, -0.1) is 0 Å². The third-order valence-corrected chi connectivity index (χ3v) is 2.31. The van der Waals surface area contributed by atoms with Crippen LogP contribution in [0.3, 0.4) is 0 Å². The van der Waals surface area contributed by atoms with Crippen LogP contribution in [0, 0.1) is 0 Å². The summed E-state index contributed by atoms with van der Waals surface area (Å²) in [6.07, 6.45) is 2.74. The number of hydrogen-bond donors (Lipinski definition) is 1. The lowest BCUT2D eigenvalue weighted by Crippen LogP contribution is -2.33. The van der Waals surface area contributed by atoms with E-state index < -0.39 is 0 Å². The molecule has 72 valence electrons. The van der Waals surface area contributed by atoms with Crippen molar-refractivity contribution in [3.8, 4) is 0 Å². The molecular weight excluding hydrogens is 154 g/mol. The predicted molar refractivity (Wildman–Crippen MR) is 48.0 cm³/mol. The molecule has 3 unspecified atom stereocenters. The fourth-order valence-electron chi connectivity index (χ4n) is 1.19. The van der Waals surface area contributed by atoms with Crippen molar-refractivity contribution in [2.75, 3.05) is 13.2 Å². The molecule has 1 heterocycles. The first-order valence-electron chi connectivity index (χ1n) is 4.69. The van der Waals surface area contributed by atoms with Crippen molar-refractivity contribution in [1.29, 1.82) is 0 Å². The molecular formula is C9H19NO2. The maximum Gasteiger partial charge on any atom is 0.0809 e. The Bertz CT molecular complexity index is 120. The predicted octanol–water partition coefficient (Wildman–Crippen LogP) is 0.918. The Morgan fingerprint density at radius 1 is 1.58 bits per heavy atom. The van der Waals surface area contributed by atoms with Gasteiger partial charge in [-0.2, -0.15) is 0 Å². The summed E-state index contributed by atoms with van der Waals surface area (Å²) in [6.45, 7) is 5.54. The van der Waals surface area contributed by atoms with Gasteiger partial charge in [-0.25, -0.2) is 0 Å². The average Bonchev–Trinajstić information content (AvgIpc) is 2.51. The maximum atomic E-state index is 5.65. The van der Waals surface area contributed by atoms with Crippen molar-refractivity contribution in [3.63, 3.8) is 0 Å². The third-order valence-electron chi connectivity index (χ3n) is 2.31. The van der Waals surface area contributed by atoms with Crippen molar-refractivity contribution in [2.24, 2.45) is 5.73 Å². The molecule has 0 aromatic carbocycles. The Hall–Kier alpha value is -0.120. The van der Waals surface area contributed by atoms with Crippen LogP contribution < -0.4 is 5.73 Å². The molecule has 0 radical (unpaired) electrons. The second-order valence-corrected chi connectivity index (χ2v) is 3.53. The van der Waals surface area contributed by atoms with E-state index in [4.69, 9.17) is 15.2 Å². The number of rotatable bonds is 4. The lowest BCUT2D eigenvalue weighted by atomic mass is 10.2. The third kappa shape index (κ3) is 3.09. The Morgan fingerprint density at radius 2 is 2.33 bits per heavy atom. The highest BCUT2D eigenvalue weighted by atomic mass is 16.5. The van der Waals surface area contributed by atoms with Crippen LogP contribution in [0.5, 0.6) is 0 Å². The topological polar surface area (TPSA) is 44.5 Å². The van der Waals surface area contributed by atoms with Gasteiger partial charge in [0.2, 0.25) is 0 Å². The van der Waals surface area contributed by atoms with Crippen molar-refractivity contribution in [2.45, 2.75) is 44.9 Å². The second kappa shape index (κ2) is 4.80. The van der Waals surface area contributed by atoms with Gasteiger partial charge in [-0.3, -0.25) is 0 Å². The minimum atomic E-state index is 0.103. The number of hydrogen-bond acceptors (Lipinski definition) is 3. The minimum absolute atomic E-state index is 0.103. The fourth-order valence-corrected chi connectivity index (χ4v) is 1.19. The molecule has 3 atom stereocenters. The quantitative estimate of drug-likeness (QED) is 0.687. The summed E-state index contributed by atoms with van der Waals surface area (Å²) in [7, 11) is 0. The number of ether oxygens (including phenoxy) is 2. The van der Waals surface area contributed by atoms with Gasteiger partial charge >= 0.3 is 0 Å². The molecule has 3 nitrogen and oxygen atoms in total. The molecule has 1 aliphatic rings. The lowest BCUT2D eigenvalue weighted by Gasteiger charge is -2.18. The monoisotopic (exact) mass is 173 g/mol. The van der Waals surface area contributed by atoms with Crippen LogP contribution >= 0.6 is 0 Å². The van der Waals surface area contributed by atoms with Crippen LogP contribution in [0.15, 0.2) is 0 Å². The van der Waals surface area contributed by atoms with E-state index in [0.717, 1.165) is 13.0 Å². The zero-order valence-corrected chi connectivity index (χ0v) is 7.95. The van der Waals surface area contributed by atoms with Crippen molar-refractivity contribution < 1.29 is 9.47 Å². The SMILES string of the molecule is CC(N)C(C)OCC1CCCO1. The van der Waals surface area contributed by atoms with Gasteiger partial charge in [-0.05, 0) is 26.7 Å². The summed E-state index contributed by atoms with van der Waals surface area (Å²) in [5.41, 5.74) is 5.65. The lowest BCUT2D eigenvalue weighted by molar-refractivity contribution is -0.0201. The van der Waals surface area contributed by atoms with Crippen LogP contribution in [0.2, 0.25) is 0 Å². The summed E-state index contributed by atoms with van der Waals surface area (Å²) in [5.74, 6) is 0. The highest BCUT2D eigenvalue weighted by Crippen LogP contribution is 2.12. The Kier molecular flexibility index (Phi) is 3.98. The van der Waals surface area contributed by atoms with E-state index >= 15 is 0 Å². The van der Waals surface area contributed by atoms with Gasteiger partial charge in [0.15, 0.2) is 0 Å². The van der Waals surface area contributed by atoms with E-state index in [-0.39, 0.29) is 12.1 Å². The summed E-state index contributed by atoms with van der Waals surface area (Å²) in [6, 6.07) is 0.103. The molecule has 1 aliphatic heterocycles. The first-order chi connectivity index (χ1) is 5.70. The molecule has 2 N–H and O–H groups in total. The molecule has 0 amide bonds. The van der Waals surface area contributed by atoms with Crippen LogP contribution in [0.25, 0.3) is 0 Å². The van der Waals surface area contributed by atoms with Gasteiger partial charge < -0.3 is 15.2 Å². The molecule has 1 fully saturated rings. The Morgan fingerprint density at radius 3 is 2.83 bits per heavy atom. The van der Waals surface area contributed by atoms with Crippen molar-refractivity contribution in [3.05, 3.63) is 0 Å². The number of nitrogens with two attached hydrogens (primary N) is 1. The summed E-state index contributed by atoms with van der Waals surface area (Å²) < 4.78 is 11.0. The standard InChI is InChI=1S/C9H19NO2/c1-7(10)8(2)12-6-9-4-3-5-11-9/h7-9H,3-6,10H2,1-2H3. The van der Waals surface area contributed by atoms with Crippen molar-refractivity contribution >= 4 is 0 Å². The van der Waals surface area contributed by atoms with Gasteiger partial charge in [0.1, 0.15) is 0 Å². The normalized spacial score (nSPS) is 28.8. The van der Waals surface area contributed by atoms with Crippen LogP contribution in [-0.2, 0) is 9.47 Å². The van der Waals surface area contributed by atoms with Crippen LogP contribution in [0.1, 0.15) is 26.7 Å². The Balaban J connectivity index is 2.07. The largest absolute Gasteiger partial charge is 0.376 e. The fraction of sp³-hybridized carbons (Fsp3) is 1.00. The summed E-state index contributed by atoms with van der Waals surface area (Å²) in [4.78, 5) is 0. The molecule has 0 aromatic heterocycles. The smallest absolute Gasteiger partial charge is 0.0809 e. The second-order valence-electron chi connectivity index (χ2n) is 3.53. The van der Waals surface area contributed by atoms with E-state index in [9.17, 15) is 0 Å². The Labute approximate surface area is 74.2 Å². The van der Waals surface area contributed by atoms with E-state index in [2.05, 4.69) is 0 Å². The molecule has 0 bridgehead atoms. The van der Waals surface area contributed by atoms with E-state index in [0.29, 0.717) is 12.7 Å². The van der Waals surface area contributed by atoms with E-state index in [1.807, 2.05) is 13.8 Å². The highest BCUT2D eigenvalue weighted by molar-refractivity contribution is 4.67. The highest BCUT2D eigenvalue weighted by Gasteiger charge is 2.17. The summed E-state index contributed by atoms with van der Waals surface area (Å²) >= 11 is 0. The van der Waals surface area contributed by atoms with Gasteiger partial charge in [-0.1, -0.05) is 0 Å². The minimum Gasteiger partial charge on any atom is -0.376 e. The van der Waals surface area contributed by atoms with E-state index in [1.165, 1.54) is 6.42 Å². The first-order valence-corrected chi connectivity index (χ1v) is 4.69. The average molecular weight is 173 g/mol. The van der Waals surface area contributed by atoms with Crippen LogP contribution in [-0.4, -0.2) is 31.5 Å². The van der Waals surface area contributed by atoms with E-state index in [1.54, 1.807) is 0 Å². The summed E-state index contributed by atoms with van der Waals surface area (Å²) in [5, 5.41) is 0. The first kappa shape index (κ1) is 9.96. The molecule has 0 saturated carbocycles. The molecule has 0 aliphatic carbocycles. The molecule has 1 rings (SSSR count). The van der Waals surface area contributed by atoms with Crippen LogP contribution in [0.4, 0.5) is 0 Å². The molecule has 0 spiro atoms.